The summed E-state index contributed by atoms with van der Waals surface area (Å²) < 4.78 is 0.881. The Labute approximate surface area is 150 Å². The molecular formula is C16H21BrClN3O2. The second-order valence-electron chi connectivity index (χ2n) is 5.94. The minimum absolute atomic E-state index is 0. The van der Waals surface area contributed by atoms with Crippen LogP contribution in [0.25, 0.3) is 0 Å². The van der Waals surface area contributed by atoms with Crippen molar-refractivity contribution in [3.8, 4) is 0 Å². The summed E-state index contributed by atoms with van der Waals surface area (Å²) in [5, 5.41) is 3.28. The Bertz CT molecular complexity index is 598. The number of nitrogens with one attached hydrogen (secondary N) is 1. The van der Waals surface area contributed by atoms with Gasteiger partial charge in [-0.3, -0.25) is 9.59 Å². The van der Waals surface area contributed by atoms with Gasteiger partial charge in [-0.2, -0.15) is 0 Å². The summed E-state index contributed by atoms with van der Waals surface area (Å²) in [5.74, 6) is -0.106. The van der Waals surface area contributed by atoms with Crippen LogP contribution in [0.2, 0.25) is 0 Å². The van der Waals surface area contributed by atoms with Gasteiger partial charge >= 0.3 is 0 Å². The molecule has 126 valence electrons. The van der Waals surface area contributed by atoms with Crippen LogP contribution in [0.5, 0.6) is 0 Å². The number of piperazine rings is 1. The van der Waals surface area contributed by atoms with Gasteiger partial charge in [0.05, 0.1) is 11.6 Å². The zero-order chi connectivity index (χ0) is 15.7. The third-order valence-corrected chi connectivity index (χ3v) is 5.07. The molecule has 0 saturated carbocycles. The van der Waals surface area contributed by atoms with Crippen molar-refractivity contribution in [1.82, 2.24) is 10.2 Å². The Kier molecular flexibility index (Phi) is 6.06. The number of rotatable bonds is 2. The van der Waals surface area contributed by atoms with Crippen molar-refractivity contribution in [3.63, 3.8) is 0 Å². The van der Waals surface area contributed by atoms with Crippen molar-refractivity contribution >= 4 is 45.8 Å². The normalized spacial score (nSPS) is 24.5. The van der Waals surface area contributed by atoms with E-state index in [1.165, 1.54) is 0 Å². The van der Waals surface area contributed by atoms with Crippen LogP contribution in [0, 0.1) is 5.92 Å². The van der Waals surface area contributed by atoms with Gasteiger partial charge < -0.3 is 15.1 Å². The second kappa shape index (κ2) is 7.64. The third-order valence-electron chi connectivity index (χ3n) is 4.40. The molecule has 1 aromatic carbocycles. The molecule has 0 aliphatic carbocycles. The number of nitrogens with zero attached hydrogens (tertiary/aromatic N) is 2. The molecule has 5 nitrogen and oxygen atoms in total. The van der Waals surface area contributed by atoms with Crippen LogP contribution in [0.4, 0.5) is 5.69 Å². The Morgan fingerprint density at radius 1 is 1.35 bits per heavy atom. The van der Waals surface area contributed by atoms with E-state index in [1.807, 2.05) is 36.1 Å². The molecular weight excluding hydrogens is 382 g/mol. The maximum absolute atomic E-state index is 12.7. The minimum Gasteiger partial charge on any atom is -0.337 e. The fraction of sp³-hybridized carbons (Fsp3) is 0.500. The van der Waals surface area contributed by atoms with Crippen LogP contribution in [0.15, 0.2) is 28.7 Å². The van der Waals surface area contributed by atoms with Gasteiger partial charge in [0.25, 0.3) is 0 Å². The molecule has 0 aromatic heterocycles. The number of benzene rings is 1. The minimum atomic E-state index is -0.236. The van der Waals surface area contributed by atoms with Crippen LogP contribution in [0.1, 0.15) is 13.3 Å². The molecule has 23 heavy (non-hydrogen) atoms. The van der Waals surface area contributed by atoms with Crippen molar-refractivity contribution in [2.24, 2.45) is 5.92 Å². The standard InChI is InChI=1S/C16H20BrN3O2.ClH/c1-11-9-18-6-7-19(11)16(22)12-8-15(21)20(10-12)14-5-3-2-4-13(14)17;/h2-5,11-12,18H,6-10H2,1H3;1H/t11-,12?;/m0./s1. The highest BCUT2D eigenvalue weighted by molar-refractivity contribution is 9.10. The molecule has 2 fully saturated rings. The monoisotopic (exact) mass is 401 g/mol. The largest absolute Gasteiger partial charge is 0.337 e. The molecule has 2 aliphatic heterocycles. The molecule has 2 heterocycles. The molecule has 2 saturated heterocycles. The Balaban J connectivity index is 0.00000192. The summed E-state index contributed by atoms with van der Waals surface area (Å²) >= 11 is 3.48. The Hall–Kier alpha value is -1.11. The van der Waals surface area contributed by atoms with Crippen LogP contribution in [0.3, 0.4) is 0 Å². The first-order chi connectivity index (χ1) is 10.6. The van der Waals surface area contributed by atoms with E-state index in [4.69, 9.17) is 0 Å². The highest BCUT2D eigenvalue weighted by Crippen LogP contribution is 2.32. The van der Waals surface area contributed by atoms with Gasteiger partial charge in [-0.15, -0.1) is 12.4 Å². The molecule has 2 aliphatic rings. The van der Waals surface area contributed by atoms with Gasteiger partial charge in [0.15, 0.2) is 0 Å². The lowest BCUT2D eigenvalue weighted by Gasteiger charge is -2.35. The van der Waals surface area contributed by atoms with Crippen LogP contribution >= 0.6 is 28.3 Å². The van der Waals surface area contributed by atoms with Crippen molar-refractivity contribution in [3.05, 3.63) is 28.7 Å². The second-order valence-corrected chi connectivity index (χ2v) is 6.80. The summed E-state index contributed by atoms with van der Waals surface area (Å²) in [6.45, 7) is 4.88. The predicted molar refractivity (Wildman–Crippen MR) is 95.9 cm³/mol. The molecule has 1 N–H and O–H groups in total. The average molecular weight is 403 g/mol. The van der Waals surface area contributed by atoms with E-state index >= 15 is 0 Å². The molecule has 0 radical (unpaired) electrons. The Morgan fingerprint density at radius 2 is 2.09 bits per heavy atom. The van der Waals surface area contributed by atoms with E-state index in [-0.39, 0.29) is 36.2 Å². The zero-order valence-corrected chi connectivity index (χ0v) is 15.4. The predicted octanol–water partition coefficient (Wildman–Crippen LogP) is 2.04. The van der Waals surface area contributed by atoms with E-state index < -0.39 is 0 Å². The van der Waals surface area contributed by atoms with Crippen molar-refractivity contribution in [1.29, 1.82) is 0 Å². The number of para-hydroxylation sites is 1. The number of carbonyl (C=O) groups is 2. The van der Waals surface area contributed by atoms with Crippen LogP contribution in [-0.2, 0) is 9.59 Å². The van der Waals surface area contributed by atoms with E-state index in [0.717, 1.165) is 29.8 Å². The van der Waals surface area contributed by atoms with E-state index in [2.05, 4.69) is 21.2 Å². The smallest absolute Gasteiger partial charge is 0.228 e. The molecule has 2 atom stereocenters. The first-order valence-electron chi connectivity index (χ1n) is 7.64. The van der Waals surface area contributed by atoms with E-state index in [0.29, 0.717) is 13.0 Å². The molecule has 0 spiro atoms. The zero-order valence-electron chi connectivity index (χ0n) is 13.0. The van der Waals surface area contributed by atoms with Gasteiger partial charge in [-0.05, 0) is 35.0 Å². The fourth-order valence-corrected chi connectivity index (χ4v) is 3.68. The van der Waals surface area contributed by atoms with Crippen molar-refractivity contribution < 1.29 is 9.59 Å². The van der Waals surface area contributed by atoms with Crippen LogP contribution < -0.4 is 10.2 Å². The molecule has 2 amide bonds. The van der Waals surface area contributed by atoms with Crippen molar-refractivity contribution in [2.75, 3.05) is 31.1 Å². The summed E-state index contributed by atoms with van der Waals surface area (Å²) in [6.07, 6.45) is 0.302. The maximum Gasteiger partial charge on any atom is 0.228 e. The number of carbonyl (C=O) groups excluding carboxylic acids is 2. The molecule has 1 aromatic rings. The molecule has 0 bridgehead atoms. The summed E-state index contributed by atoms with van der Waals surface area (Å²) in [5.41, 5.74) is 0.844. The van der Waals surface area contributed by atoms with Gasteiger partial charge in [0.2, 0.25) is 11.8 Å². The number of amides is 2. The van der Waals surface area contributed by atoms with Gasteiger partial charge in [-0.1, -0.05) is 12.1 Å². The van der Waals surface area contributed by atoms with Gasteiger partial charge in [0, 0.05) is 43.1 Å². The summed E-state index contributed by atoms with van der Waals surface area (Å²) in [7, 11) is 0. The quantitative estimate of drug-likeness (QED) is 0.824. The molecule has 7 heteroatoms. The van der Waals surface area contributed by atoms with Crippen LogP contribution in [-0.4, -0.2) is 48.9 Å². The molecule has 1 unspecified atom stereocenters. The highest BCUT2D eigenvalue weighted by Gasteiger charge is 2.39. The lowest BCUT2D eigenvalue weighted by atomic mass is 10.1. The number of hydrogen-bond acceptors (Lipinski definition) is 3. The number of anilines is 1. The van der Waals surface area contributed by atoms with E-state index in [1.54, 1.807) is 4.90 Å². The van der Waals surface area contributed by atoms with Gasteiger partial charge in [-0.25, -0.2) is 0 Å². The summed E-state index contributed by atoms with van der Waals surface area (Å²) in [6, 6.07) is 7.83. The fourth-order valence-electron chi connectivity index (χ4n) is 3.18. The van der Waals surface area contributed by atoms with E-state index in [9.17, 15) is 9.59 Å². The average Bonchev–Trinajstić information content (AvgIpc) is 2.89. The lowest BCUT2D eigenvalue weighted by Crippen LogP contribution is -2.54. The summed E-state index contributed by atoms with van der Waals surface area (Å²) in [4.78, 5) is 28.7. The van der Waals surface area contributed by atoms with Gasteiger partial charge in [0.1, 0.15) is 0 Å². The third kappa shape index (κ3) is 3.70. The maximum atomic E-state index is 12.7. The van der Waals surface area contributed by atoms with Crippen molar-refractivity contribution in [2.45, 2.75) is 19.4 Å². The Morgan fingerprint density at radius 3 is 2.78 bits per heavy atom. The first-order valence-corrected chi connectivity index (χ1v) is 8.43. The lowest BCUT2D eigenvalue weighted by molar-refractivity contribution is -0.138. The number of hydrogen-bond donors (Lipinski definition) is 1. The molecule has 3 rings (SSSR count). The highest BCUT2D eigenvalue weighted by atomic mass is 79.9. The topological polar surface area (TPSA) is 52.7 Å². The SMILES string of the molecule is C[C@H]1CNCCN1C(=O)C1CC(=O)N(c2ccccc2Br)C1.Cl. The first kappa shape index (κ1) is 18.2. The number of halogens is 2.